The number of methoxy groups -OCH3 is 2. The average molecular weight is 245 g/mol. The first-order valence-electron chi connectivity index (χ1n) is 4.89. The lowest BCUT2D eigenvalue weighted by molar-refractivity contribution is -0.139. The number of nitrogens with zero attached hydrogens (tertiary/aromatic N) is 1. The van der Waals surface area contributed by atoms with Crippen molar-refractivity contribution in [1.82, 2.24) is 4.98 Å². The van der Waals surface area contributed by atoms with E-state index in [1.165, 1.54) is 27.2 Å². The van der Waals surface area contributed by atoms with Gasteiger partial charge < -0.3 is 9.47 Å². The van der Waals surface area contributed by atoms with E-state index in [-0.39, 0.29) is 23.4 Å². The summed E-state index contributed by atoms with van der Waals surface area (Å²) in [4.78, 5) is 15.1. The Kier molecular flexibility index (Phi) is 4.37. The SMILES string of the molecule is COC(=O)Cc1nc(C)c(C(F)F)cc1OC. The van der Waals surface area contributed by atoms with Crippen LogP contribution in [0.25, 0.3) is 0 Å². The van der Waals surface area contributed by atoms with Crippen LogP contribution < -0.4 is 4.74 Å². The zero-order valence-corrected chi connectivity index (χ0v) is 9.79. The molecule has 0 atom stereocenters. The van der Waals surface area contributed by atoms with Crippen LogP contribution in [0.2, 0.25) is 0 Å². The smallest absolute Gasteiger partial charge is 0.311 e. The van der Waals surface area contributed by atoms with Crippen molar-refractivity contribution in [3.63, 3.8) is 0 Å². The van der Waals surface area contributed by atoms with E-state index >= 15 is 0 Å². The zero-order chi connectivity index (χ0) is 13.0. The van der Waals surface area contributed by atoms with Gasteiger partial charge >= 0.3 is 5.97 Å². The molecule has 0 aliphatic carbocycles. The first kappa shape index (κ1) is 13.3. The summed E-state index contributed by atoms with van der Waals surface area (Å²) in [6, 6.07) is 1.20. The van der Waals surface area contributed by atoms with Crippen LogP contribution in [0, 0.1) is 6.92 Å². The molecule has 0 radical (unpaired) electrons. The van der Waals surface area contributed by atoms with E-state index in [0.29, 0.717) is 5.69 Å². The van der Waals surface area contributed by atoms with Crippen molar-refractivity contribution in [3.8, 4) is 5.75 Å². The summed E-state index contributed by atoms with van der Waals surface area (Å²) in [6.07, 6.45) is -2.73. The Hall–Kier alpha value is -1.72. The van der Waals surface area contributed by atoms with Gasteiger partial charge in [0.25, 0.3) is 6.43 Å². The molecule has 0 N–H and O–H groups in total. The number of carbonyl (C=O) groups is 1. The first-order valence-corrected chi connectivity index (χ1v) is 4.89. The maximum absolute atomic E-state index is 12.6. The molecule has 0 aliphatic rings. The molecule has 1 aromatic rings. The third-order valence-corrected chi connectivity index (χ3v) is 2.29. The fourth-order valence-corrected chi connectivity index (χ4v) is 1.38. The Bertz CT molecular complexity index is 421. The Morgan fingerprint density at radius 2 is 2.12 bits per heavy atom. The third kappa shape index (κ3) is 3.12. The van der Waals surface area contributed by atoms with Gasteiger partial charge in [-0.05, 0) is 13.0 Å². The van der Waals surface area contributed by atoms with Crippen LogP contribution in [0.3, 0.4) is 0 Å². The molecular formula is C11H13F2NO3. The molecule has 0 bridgehead atoms. The second kappa shape index (κ2) is 5.56. The second-order valence-corrected chi connectivity index (χ2v) is 3.37. The summed E-state index contributed by atoms with van der Waals surface area (Å²) in [5.41, 5.74) is 0.274. The summed E-state index contributed by atoms with van der Waals surface area (Å²) in [5, 5.41) is 0. The van der Waals surface area contributed by atoms with Gasteiger partial charge in [0.15, 0.2) is 0 Å². The number of carbonyl (C=O) groups excluding carboxylic acids is 1. The Balaban J connectivity index is 3.14. The van der Waals surface area contributed by atoms with Gasteiger partial charge in [0.2, 0.25) is 0 Å². The summed E-state index contributed by atoms with van der Waals surface area (Å²) in [6.45, 7) is 1.46. The van der Waals surface area contributed by atoms with Gasteiger partial charge in [-0.15, -0.1) is 0 Å². The van der Waals surface area contributed by atoms with E-state index in [0.717, 1.165) is 0 Å². The molecule has 0 spiro atoms. The predicted molar refractivity (Wildman–Crippen MR) is 56.2 cm³/mol. The highest BCUT2D eigenvalue weighted by Crippen LogP contribution is 2.28. The summed E-state index contributed by atoms with van der Waals surface area (Å²) >= 11 is 0. The lowest BCUT2D eigenvalue weighted by Crippen LogP contribution is -2.09. The third-order valence-electron chi connectivity index (χ3n) is 2.29. The Morgan fingerprint density at radius 3 is 2.59 bits per heavy atom. The number of ether oxygens (including phenoxy) is 2. The van der Waals surface area contributed by atoms with E-state index in [1.807, 2.05) is 0 Å². The van der Waals surface area contributed by atoms with Crippen LogP contribution >= 0.6 is 0 Å². The highest BCUT2D eigenvalue weighted by Gasteiger charge is 2.18. The molecule has 4 nitrogen and oxygen atoms in total. The van der Waals surface area contributed by atoms with Crippen LogP contribution in [-0.2, 0) is 16.0 Å². The topological polar surface area (TPSA) is 48.4 Å². The van der Waals surface area contributed by atoms with Gasteiger partial charge in [0.1, 0.15) is 5.75 Å². The highest BCUT2D eigenvalue weighted by molar-refractivity contribution is 5.72. The number of alkyl halides is 2. The van der Waals surface area contributed by atoms with Gasteiger partial charge in [-0.3, -0.25) is 9.78 Å². The van der Waals surface area contributed by atoms with E-state index in [1.54, 1.807) is 0 Å². The number of aryl methyl sites for hydroxylation is 1. The molecule has 6 heteroatoms. The molecule has 1 rings (SSSR count). The number of esters is 1. The predicted octanol–water partition coefficient (Wildman–Crippen LogP) is 2.05. The van der Waals surface area contributed by atoms with Gasteiger partial charge in [0, 0.05) is 11.3 Å². The van der Waals surface area contributed by atoms with Crippen LogP contribution in [-0.4, -0.2) is 25.2 Å². The molecule has 0 fully saturated rings. The molecule has 0 amide bonds. The van der Waals surface area contributed by atoms with Crippen LogP contribution in [0.4, 0.5) is 8.78 Å². The lowest BCUT2D eigenvalue weighted by atomic mass is 10.1. The molecule has 1 heterocycles. The number of halogens is 2. The van der Waals surface area contributed by atoms with Gasteiger partial charge in [0.05, 0.1) is 26.3 Å². The molecule has 0 saturated carbocycles. The van der Waals surface area contributed by atoms with Gasteiger partial charge in [-0.2, -0.15) is 0 Å². The maximum Gasteiger partial charge on any atom is 0.311 e. The molecule has 0 saturated heterocycles. The molecule has 0 unspecified atom stereocenters. The number of hydrogen-bond donors (Lipinski definition) is 0. The van der Waals surface area contributed by atoms with Crippen molar-refractivity contribution in [2.24, 2.45) is 0 Å². The molecular weight excluding hydrogens is 232 g/mol. The minimum atomic E-state index is -2.62. The van der Waals surface area contributed by atoms with Crippen molar-refractivity contribution < 1.29 is 23.0 Å². The number of pyridine rings is 1. The lowest BCUT2D eigenvalue weighted by Gasteiger charge is -2.11. The minimum Gasteiger partial charge on any atom is -0.495 e. The summed E-state index contributed by atoms with van der Waals surface area (Å²) < 4.78 is 34.7. The number of aromatic nitrogens is 1. The molecule has 94 valence electrons. The van der Waals surface area contributed by atoms with Gasteiger partial charge in [-0.1, -0.05) is 0 Å². The average Bonchev–Trinajstić information content (AvgIpc) is 2.28. The first-order chi connectivity index (χ1) is 7.99. The Labute approximate surface area is 97.6 Å². The number of hydrogen-bond acceptors (Lipinski definition) is 4. The minimum absolute atomic E-state index is 0.107. The van der Waals surface area contributed by atoms with Gasteiger partial charge in [-0.25, -0.2) is 8.78 Å². The van der Waals surface area contributed by atoms with E-state index < -0.39 is 12.4 Å². The fraction of sp³-hybridized carbons (Fsp3) is 0.455. The summed E-state index contributed by atoms with van der Waals surface area (Å²) in [5.74, 6) is -0.337. The molecule has 0 aliphatic heterocycles. The molecule has 17 heavy (non-hydrogen) atoms. The van der Waals surface area contributed by atoms with Crippen molar-refractivity contribution in [1.29, 1.82) is 0 Å². The van der Waals surface area contributed by atoms with E-state index in [9.17, 15) is 13.6 Å². The maximum atomic E-state index is 12.6. The van der Waals surface area contributed by atoms with Crippen LogP contribution in [0.15, 0.2) is 6.07 Å². The van der Waals surface area contributed by atoms with Crippen molar-refractivity contribution in [2.75, 3.05) is 14.2 Å². The summed E-state index contributed by atoms with van der Waals surface area (Å²) in [7, 11) is 2.58. The van der Waals surface area contributed by atoms with Crippen molar-refractivity contribution in [2.45, 2.75) is 19.8 Å². The van der Waals surface area contributed by atoms with Crippen LogP contribution in [0.5, 0.6) is 5.75 Å². The zero-order valence-electron chi connectivity index (χ0n) is 9.79. The van der Waals surface area contributed by atoms with Crippen LogP contribution in [0.1, 0.15) is 23.4 Å². The Morgan fingerprint density at radius 1 is 1.47 bits per heavy atom. The second-order valence-electron chi connectivity index (χ2n) is 3.37. The fourth-order valence-electron chi connectivity index (χ4n) is 1.38. The molecule has 1 aromatic heterocycles. The quantitative estimate of drug-likeness (QED) is 0.762. The van der Waals surface area contributed by atoms with E-state index in [2.05, 4.69) is 9.72 Å². The largest absolute Gasteiger partial charge is 0.495 e. The van der Waals surface area contributed by atoms with Crippen molar-refractivity contribution >= 4 is 5.97 Å². The standard InChI is InChI=1S/C11H13F2NO3/c1-6-7(11(12)13)4-9(16-2)8(14-6)5-10(15)17-3/h4,11H,5H2,1-3H3. The monoisotopic (exact) mass is 245 g/mol. The van der Waals surface area contributed by atoms with E-state index in [4.69, 9.17) is 4.74 Å². The molecule has 0 aromatic carbocycles. The highest BCUT2D eigenvalue weighted by atomic mass is 19.3. The normalized spacial score (nSPS) is 10.5. The number of rotatable bonds is 4. The van der Waals surface area contributed by atoms with Crippen molar-refractivity contribution in [3.05, 3.63) is 23.0 Å².